The average molecular weight is 541 g/mol. The minimum atomic E-state index is -5.67. The third-order valence-corrected chi connectivity index (χ3v) is 6.56. The zero-order valence-corrected chi connectivity index (χ0v) is 21.3. The zero-order chi connectivity index (χ0) is 27.4. The average Bonchev–Trinajstić information content (AvgIpc) is 3.55. The van der Waals surface area contributed by atoms with Crippen molar-refractivity contribution in [3.63, 3.8) is 0 Å². The maximum atomic E-state index is 13.9. The largest absolute Gasteiger partial charge is 0.493 e. The third-order valence-electron chi connectivity index (χ3n) is 6.56. The molecule has 1 unspecified atom stereocenters. The Morgan fingerprint density at radius 1 is 1.14 bits per heavy atom. The number of aryl methyl sites for hydroxylation is 1. The van der Waals surface area contributed by atoms with Gasteiger partial charge in [0.15, 0.2) is 6.23 Å². The number of halogens is 6. The molecule has 0 aliphatic carbocycles. The number of unbranched alkanes of at least 4 members (excludes halogenated alkanes) is 1. The monoisotopic (exact) mass is 540 g/mol. The standard InChI is InChI=1S/C25H34F6N2O4/c1-4-8-16-12-19-18(14-37-23(19,24(26,27)28)25(29,30)31)17(9-5-2)22(16)35-11-7-6-10-33(21-15-36-21)20(34)13-32-3/h12,21,32H,4-11,13-15H2,1-3H3. The molecule has 37 heavy (non-hydrogen) atoms. The summed E-state index contributed by atoms with van der Waals surface area (Å²) in [4.78, 5) is 13.9. The molecule has 0 saturated carbocycles. The van der Waals surface area contributed by atoms with Crippen LogP contribution in [0.1, 0.15) is 61.8 Å². The molecule has 1 saturated heterocycles. The molecular formula is C25H34F6N2O4. The Hall–Kier alpha value is -2.05. The van der Waals surface area contributed by atoms with Crippen LogP contribution in [0.3, 0.4) is 0 Å². The van der Waals surface area contributed by atoms with Gasteiger partial charge in [0.25, 0.3) is 5.60 Å². The molecular weight excluding hydrogens is 506 g/mol. The number of benzene rings is 1. The summed E-state index contributed by atoms with van der Waals surface area (Å²) in [7, 11) is 1.68. The summed E-state index contributed by atoms with van der Waals surface area (Å²) in [6, 6.07) is 0.976. The quantitative estimate of drug-likeness (QED) is 0.217. The van der Waals surface area contributed by atoms with Gasteiger partial charge in [-0.3, -0.25) is 4.79 Å². The van der Waals surface area contributed by atoms with Crippen molar-refractivity contribution in [3.05, 3.63) is 28.3 Å². The van der Waals surface area contributed by atoms with E-state index in [9.17, 15) is 31.1 Å². The third kappa shape index (κ3) is 6.01. The first-order chi connectivity index (χ1) is 17.4. The fourth-order valence-corrected chi connectivity index (χ4v) is 4.80. The number of likely N-dealkylation sites (N-methyl/N-ethyl adjacent to an activating group) is 1. The first-order valence-electron chi connectivity index (χ1n) is 12.6. The van der Waals surface area contributed by atoms with E-state index in [4.69, 9.17) is 9.47 Å². The van der Waals surface area contributed by atoms with Crippen molar-refractivity contribution in [2.75, 3.05) is 33.4 Å². The van der Waals surface area contributed by atoms with Gasteiger partial charge in [0.2, 0.25) is 5.91 Å². The summed E-state index contributed by atoms with van der Waals surface area (Å²) in [5.41, 5.74) is -4.68. The van der Waals surface area contributed by atoms with Crippen LogP contribution in [0.15, 0.2) is 6.07 Å². The van der Waals surface area contributed by atoms with Gasteiger partial charge in [0.05, 0.1) is 26.4 Å². The van der Waals surface area contributed by atoms with Crippen LogP contribution in [-0.4, -0.2) is 62.7 Å². The van der Waals surface area contributed by atoms with Crippen LogP contribution in [0, 0.1) is 0 Å². The van der Waals surface area contributed by atoms with E-state index in [-0.39, 0.29) is 43.7 Å². The van der Waals surface area contributed by atoms with Crippen LogP contribution in [0.25, 0.3) is 0 Å². The van der Waals surface area contributed by atoms with Crippen LogP contribution < -0.4 is 10.1 Å². The van der Waals surface area contributed by atoms with Crippen molar-refractivity contribution < 1.29 is 45.3 Å². The van der Waals surface area contributed by atoms with Crippen molar-refractivity contribution in [2.45, 2.75) is 83.2 Å². The maximum absolute atomic E-state index is 13.9. The molecule has 6 nitrogen and oxygen atoms in total. The Morgan fingerprint density at radius 3 is 2.32 bits per heavy atom. The van der Waals surface area contributed by atoms with Gasteiger partial charge in [-0.05, 0) is 49.9 Å². The van der Waals surface area contributed by atoms with Crippen molar-refractivity contribution in [1.29, 1.82) is 0 Å². The smallest absolute Gasteiger partial charge is 0.430 e. The van der Waals surface area contributed by atoms with E-state index >= 15 is 0 Å². The predicted octanol–water partition coefficient (Wildman–Crippen LogP) is 5.01. The molecule has 0 radical (unpaired) electrons. The van der Waals surface area contributed by atoms with E-state index in [0.29, 0.717) is 55.7 Å². The van der Waals surface area contributed by atoms with Gasteiger partial charge in [-0.15, -0.1) is 0 Å². The molecule has 2 aliphatic rings. The number of rotatable bonds is 13. The molecule has 2 aliphatic heterocycles. The minimum absolute atomic E-state index is 0.0854. The van der Waals surface area contributed by atoms with Gasteiger partial charge < -0.3 is 24.4 Å². The molecule has 1 atom stereocenters. The number of alkyl halides is 6. The Labute approximate surface area is 212 Å². The Kier molecular flexibility index (Phi) is 9.39. The fraction of sp³-hybridized carbons (Fsp3) is 0.720. The van der Waals surface area contributed by atoms with Crippen molar-refractivity contribution in [1.82, 2.24) is 10.2 Å². The van der Waals surface area contributed by atoms with Gasteiger partial charge in [0, 0.05) is 17.7 Å². The summed E-state index contributed by atoms with van der Waals surface area (Å²) in [5, 5.41) is 2.81. The number of hydrogen-bond donors (Lipinski definition) is 1. The minimum Gasteiger partial charge on any atom is -0.493 e. The number of hydrogen-bond acceptors (Lipinski definition) is 5. The number of nitrogens with one attached hydrogen (secondary N) is 1. The summed E-state index contributed by atoms with van der Waals surface area (Å²) < 4.78 is 99.4. The fourth-order valence-electron chi connectivity index (χ4n) is 4.80. The SMILES string of the molecule is CCCc1cc2c(c(CCC)c1OCCCCN(C(=O)CNC)C1CO1)COC2(C(F)(F)F)C(F)(F)F. The molecule has 0 aromatic heterocycles. The number of fused-ring (bicyclic) bond motifs is 1. The molecule has 1 N–H and O–H groups in total. The van der Waals surface area contributed by atoms with E-state index < -0.39 is 30.1 Å². The van der Waals surface area contributed by atoms with Crippen LogP contribution in [0.2, 0.25) is 0 Å². The molecule has 0 bridgehead atoms. The molecule has 3 rings (SSSR count). The summed E-state index contributed by atoms with van der Waals surface area (Å²) >= 11 is 0. The zero-order valence-electron chi connectivity index (χ0n) is 21.3. The molecule has 0 spiro atoms. The second kappa shape index (κ2) is 11.8. The highest BCUT2D eigenvalue weighted by atomic mass is 19.4. The second-order valence-corrected chi connectivity index (χ2v) is 9.30. The Morgan fingerprint density at radius 2 is 1.78 bits per heavy atom. The van der Waals surface area contributed by atoms with Crippen LogP contribution in [0.4, 0.5) is 26.3 Å². The highest BCUT2D eigenvalue weighted by molar-refractivity contribution is 5.78. The molecule has 1 aromatic carbocycles. The Balaban J connectivity index is 1.84. The first-order valence-corrected chi connectivity index (χ1v) is 12.6. The summed E-state index contributed by atoms with van der Waals surface area (Å²) in [5.74, 6) is 0.262. The van der Waals surface area contributed by atoms with Crippen molar-refractivity contribution in [2.24, 2.45) is 0 Å². The lowest BCUT2D eigenvalue weighted by Gasteiger charge is -2.34. The Bertz CT molecular complexity index is 933. The normalized spacial score (nSPS) is 18.6. The van der Waals surface area contributed by atoms with E-state index in [1.165, 1.54) is 0 Å². The second-order valence-electron chi connectivity index (χ2n) is 9.30. The molecule has 2 heterocycles. The molecule has 210 valence electrons. The van der Waals surface area contributed by atoms with Crippen molar-refractivity contribution in [3.8, 4) is 5.75 Å². The number of epoxide rings is 1. The lowest BCUT2D eigenvalue weighted by molar-refractivity contribution is -0.385. The first kappa shape index (κ1) is 29.5. The lowest BCUT2D eigenvalue weighted by Crippen LogP contribution is -2.53. The number of amides is 1. The number of carbonyl (C=O) groups excluding carboxylic acids is 1. The molecule has 1 amide bonds. The van der Waals surface area contributed by atoms with E-state index in [0.717, 1.165) is 6.07 Å². The van der Waals surface area contributed by atoms with E-state index in [2.05, 4.69) is 10.1 Å². The van der Waals surface area contributed by atoms with Gasteiger partial charge in [0.1, 0.15) is 5.75 Å². The summed E-state index contributed by atoms with van der Waals surface area (Å²) in [6.07, 6.45) is -8.90. The van der Waals surface area contributed by atoms with Gasteiger partial charge in [-0.1, -0.05) is 26.7 Å². The van der Waals surface area contributed by atoms with Crippen LogP contribution >= 0.6 is 0 Å². The lowest BCUT2D eigenvalue weighted by atomic mass is 9.84. The van der Waals surface area contributed by atoms with Crippen LogP contribution in [0.5, 0.6) is 5.75 Å². The van der Waals surface area contributed by atoms with E-state index in [1.54, 1.807) is 25.8 Å². The predicted molar refractivity (Wildman–Crippen MR) is 123 cm³/mol. The van der Waals surface area contributed by atoms with Gasteiger partial charge in [-0.25, -0.2) is 0 Å². The van der Waals surface area contributed by atoms with Gasteiger partial charge in [-0.2, -0.15) is 26.3 Å². The van der Waals surface area contributed by atoms with Crippen LogP contribution in [-0.2, 0) is 39.3 Å². The highest BCUT2D eigenvalue weighted by Gasteiger charge is 2.75. The molecule has 12 heteroatoms. The number of nitrogens with zero attached hydrogens (tertiary/aromatic N) is 1. The maximum Gasteiger partial charge on any atom is 0.430 e. The molecule has 1 fully saturated rings. The topological polar surface area (TPSA) is 63.3 Å². The molecule has 1 aromatic rings. The van der Waals surface area contributed by atoms with Gasteiger partial charge >= 0.3 is 12.4 Å². The summed E-state index contributed by atoms with van der Waals surface area (Å²) in [6.45, 7) is 4.13. The number of carbonyl (C=O) groups is 1. The van der Waals surface area contributed by atoms with E-state index in [1.807, 2.05) is 0 Å². The number of ether oxygens (including phenoxy) is 3. The van der Waals surface area contributed by atoms with Crippen molar-refractivity contribution >= 4 is 5.91 Å². The highest BCUT2D eigenvalue weighted by Crippen LogP contribution is 2.58.